The van der Waals surface area contributed by atoms with Crippen molar-refractivity contribution in [3.63, 3.8) is 0 Å². The zero-order valence-corrected chi connectivity index (χ0v) is 12.2. The van der Waals surface area contributed by atoms with Crippen LogP contribution in [0.15, 0.2) is 11.7 Å². The molecule has 1 N–H and O–H groups in total. The minimum absolute atomic E-state index is 0.589. The molecule has 0 saturated carbocycles. The lowest BCUT2D eigenvalue weighted by Crippen LogP contribution is -2.30. The van der Waals surface area contributed by atoms with Crippen molar-refractivity contribution in [3.05, 3.63) is 17.3 Å². The molecule has 0 aliphatic carbocycles. The van der Waals surface area contributed by atoms with Gasteiger partial charge in [0.05, 0.1) is 10.2 Å². The first-order valence-electron chi connectivity index (χ1n) is 6.18. The fourth-order valence-corrected chi connectivity index (χ4v) is 3.24. The highest BCUT2D eigenvalue weighted by molar-refractivity contribution is 7.18. The molecule has 0 bridgehead atoms. The van der Waals surface area contributed by atoms with Gasteiger partial charge in [0.25, 0.3) is 0 Å². The van der Waals surface area contributed by atoms with Crippen molar-refractivity contribution in [2.45, 2.75) is 13.8 Å². The Bertz CT molecular complexity index is 523. The molecule has 2 heterocycles. The fourth-order valence-electron chi connectivity index (χ4n) is 2.20. The molecule has 0 saturated heterocycles. The number of nitrogens with one attached hydrogen (secondary N) is 1. The highest BCUT2D eigenvalue weighted by atomic mass is 32.1. The Balaban J connectivity index is 2.25. The normalized spacial score (nSPS) is 12.9. The molecule has 0 amide bonds. The summed E-state index contributed by atoms with van der Waals surface area (Å²) in [4.78, 5) is 11.0. The standard InChI is InChI=1S/C13H20N4S/c1-9(5-14-3)6-17(4)13-12-11(15-8-16-13)10(2)7-18-12/h7-9,14H,5-6H2,1-4H3. The van der Waals surface area contributed by atoms with E-state index in [2.05, 4.69) is 46.5 Å². The summed E-state index contributed by atoms with van der Waals surface area (Å²) in [5.41, 5.74) is 2.31. The van der Waals surface area contributed by atoms with Crippen LogP contribution in [0.25, 0.3) is 10.2 Å². The summed E-state index contributed by atoms with van der Waals surface area (Å²) in [7, 11) is 4.09. The van der Waals surface area contributed by atoms with Gasteiger partial charge in [-0.05, 0) is 37.4 Å². The van der Waals surface area contributed by atoms with Crippen molar-refractivity contribution in [1.29, 1.82) is 0 Å². The Morgan fingerprint density at radius 1 is 1.44 bits per heavy atom. The van der Waals surface area contributed by atoms with Crippen molar-refractivity contribution in [2.75, 3.05) is 32.1 Å². The smallest absolute Gasteiger partial charge is 0.149 e. The summed E-state index contributed by atoms with van der Waals surface area (Å²) >= 11 is 1.73. The summed E-state index contributed by atoms with van der Waals surface area (Å²) in [5, 5.41) is 5.36. The van der Waals surface area contributed by atoms with Crippen LogP contribution in [0, 0.1) is 12.8 Å². The summed E-state index contributed by atoms with van der Waals surface area (Å²) in [6.45, 7) is 6.34. The first-order chi connectivity index (χ1) is 8.63. The second-order valence-electron chi connectivity index (χ2n) is 4.84. The van der Waals surface area contributed by atoms with E-state index < -0.39 is 0 Å². The average molecular weight is 264 g/mol. The van der Waals surface area contributed by atoms with E-state index in [0.717, 1.165) is 24.4 Å². The number of fused-ring (bicyclic) bond motifs is 1. The van der Waals surface area contributed by atoms with Crippen LogP contribution >= 0.6 is 11.3 Å². The quantitative estimate of drug-likeness (QED) is 0.899. The Morgan fingerprint density at radius 3 is 2.94 bits per heavy atom. The van der Waals surface area contributed by atoms with Crippen molar-refractivity contribution < 1.29 is 0 Å². The average Bonchev–Trinajstić information content (AvgIpc) is 2.71. The molecule has 2 aromatic heterocycles. The maximum atomic E-state index is 4.44. The third-order valence-corrected chi connectivity index (χ3v) is 4.09. The molecule has 4 nitrogen and oxygen atoms in total. The van der Waals surface area contributed by atoms with Crippen LogP contribution in [0.4, 0.5) is 5.82 Å². The van der Waals surface area contributed by atoms with E-state index in [-0.39, 0.29) is 0 Å². The SMILES string of the molecule is CNCC(C)CN(C)c1ncnc2c(C)csc12. The molecule has 0 spiro atoms. The van der Waals surface area contributed by atoms with Crippen LogP contribution in [-0.2, 0) is 0 Å². The number of anilines is 1. The van der Waals surface area contributed by atoms with Gasteiger partial charge in [-0.3, -0.25) is 0 Å². The molecule has 1 atom stereocenters. The number of nitrogens with zero attached hydrogens (tertiary/aromatic N) is 3. The van der Waals surface area contributed by atoms with Gasteiger partial charge in [-0.2, -0.15) is 0 Å². The molecule has 2 rings (SSSR count). The number of aryl methyl sites for hydroxylation is 1. The zero-order valence-electron chi connectivity index (χ0n) is 11.4. The van der Waals surface area contributed by atoms with E-state index in [1.54, 1.807) is 17.7 Å². The summed E-state index contributed by atoms with van der Waals surface area (Å²) in [6.07, 6.45) is 1.66. The van der Waals surface area contributed by atoms with Gasteiger partial charge in [-0.1, -0.05) is 6.92 Å². The van der Waals surface area contributed by atoms with Crippen LogP contribution in [0.2, 0.25) is 0 Å². The van der Waals surface area contributed by atoms with Gasteiger partial charge in [-0.15, -0.1) is 11.3 Å². The van der Waals surface area contributed by atoms with Crippen LogP contribution in [-0.4, -0.2) is 37.2 Å². The van der Waals surface area contributed by atoms with E-state index in [9.17, 15) is 0 Å². The summed E-state index contributed by atoms with van der Waals surface area (Å²) in [5.74, 6) is 1.63. The predicted octanol–water partition coefficient (Wildman–Crippen LogP) is 2.29. The Morgan fingerprint density at radius 2 is 2.22 bits per heavy atom. The van der Waals surface area contributed by atoms with Gasteiger partial charge in [0.1, 0.15) is 12.1 Å². The molecule has 0 radical (unpaired) electrons. The lowest BCUT2D eigenvalue weighted by atomic mass is 10.1. The van der Waals surface area contributed by atoms with Crippen molar-refractivity contribution in [3.8, 4) is 0 Å². The molecule has 18 heavy (non-hydrogen) atoms. The van der Waals surface area contributed by atoms with Crippen molar-refractivity contribution >= 4 is 27.4 Å². The topological polar surface area (TPSA) is 41.0 Å². The molecular weight excluding hydrogens is 244 g/mol. The molecule has 2 aromatic rings. The maximum absolute atomic E-state index is 4.44. The molecular formula is C13H20N4S. The Hall–Kier alpha value is -1.20. The molecule has 1 unspecified atom stereocenters. The molecule has 98 valence electrons. The van der Waals surface area contributed by atoms with Gasteiger partial charge in [0.15, 0.2) is 0 Å². The van der Waals surface area contributed by atoms with Gasteiger partial charge in [0.2, 0.25) is 0 Å². The van der Waals surface area contributed by atoms with Crippen molar-refractivity contribution in [1.82, 2.24) is 15.3 Å². The van der Waals surface area contributed by atoms with Gasteiger partial charge < -0.3 is 10.2 Å². The number of thiophene rings is 1. The van der Waals surface area contributed by atoms with Crippen molar-refractivity contribution in [2.24, 2.45) is 5.92 Å². The van der Waals surface area contributed by atoms with Crippen LogP contribution in [0.5, 0.6) is 0 Å². The minimum atomic E-state index is 0.589. The molecule has 5 heteroatoms. The second-order valence-corrected chi connectivity index (χ2v) is 5.72. The number of rotatable bonds is 5. The minimum Gasteiger partial charge on any atom is -0.358 e. The number of aromatic nitrogens is 2. The first-order valence-corrected chi connectivity index (χ1v) is 7.06. The first kappa shape index (κ1) is 13.2. The van der Waals surface area contributed by atoms with Gasteiger partial charge >= 0.3 is 0 Å². The Labute approximate surface area is 112 Å². The van der Waals surface area contributed by atoms with E-state index in [1.165, 1.54) is 10.3 Å². The summed E-state index contributed by atoms with van der Waals surface area (Å²) < 4.78 is 1.19. The maximum Gasteiger partial charge on any atom is 0.149 e. The third-order valence-electron chi connectivity index (χ3n) is 3.01. The molecule has 0 aromatic carbocycles. The lowest BCUT2D eigenvalue weighted by molar-refractivity contribution is 0.541. The predicted molar refractivity (Wildman–Crippen MR) is 78.5 cm³/mol. The fraction of sp³-hybridized carbons (Fsp3) is 0.538. The molecule has 0 aliphatic heterocycles. The van der Waals surface area contributed by atoms with Gasteiger partial charge in [-0.25, -0.2) is 9.97 Å². The van der Waals surface area contributed by atoms with E-state index in [4.69, 9.17) is 0 Å². The molecule has 0 aliphatic rings. The number of hydrogen-bond acceptors (Lipinski definition) is 5. The Kier molecular flexibility index (Phi) is 4.14. The highest BCUT2D eigenvalue weighted by Gasteiger charge is 2.13. The van der Waals surface area contributed by atoms with Crippen LogP contribution < -0.4 is 10.2 Å². The van der Waals surface area contributed by atoms with E-state index in [0.29, 0.717) is 5.92 Å². The zero-order chi connectivity index (χ0) is 13.1. The second kappa shape index (κ2) is 5.63. The van der Waals surface area contributed by atoms with E-state index >= 15 is 0 Å². The van der Waals surface area contributed by atoms with Gasteiger partial charge in [0, 0.05) is 13.6 Å². The van der Waals surface area contributed by atoms with E-state index in [1.807, 2.05) is 7.05 Å². The molecule has 0 fully saturated rings. The monoisotopic (exact) mass is 264 g/mol. The lowest BCUT2D eigenvalue weighted by Gasteiger charge is -2.22. The number of hydrogen-bond donors (Lipinski definition) is 1. The third kappa shape index (κ3) is 2.62. The van der Waals surface area contributed by atoms with Crippen LogP contribution in [0.3, 0.4) is 0 Å². The highest BCUT2D eigenvalue weighted by Crippen LogP contribution is 2.30. The van der Waals surface area contributed by atoms with Crippen LogP contribution in [0.1, 0.15) is 12.5 Å². The summed E-state index contributed by atoms with van der Waals surface area (Å²) in [6, 6.07) is 0. The largest absolute Gasteiger partial charge is 0.358 e.